The van der Waals surface area contributed by atoms with Crippen LogP contribution in [0.25, 0.3) is 0 Å². The van der Waals surface area contributed by atoms with Crippen molar-refractivity contribution >= 4 is 5.84 Å². The second-order valence-corrected chi connectivity index (χ2v) is 8.70. The van der Waals surface area contributed by atoms with Crippen LogP contribution in [0.15, 0.2) is 90.6 Å². The van der Waals surface area contributed by atoms with Crippen molar-refractivity contribution in [3.8, 4) is 6.07 Å². The third-order valence-electron chi connectivity index (χ3n) is 5.69. The van der Waals surface area contributed by atoms with Crippen LogP contribution in [0.3, 0.4) is 0 Å². The summed E-state index contributed by atoms with van der Waals surface area (Å²) in [6, 6.07) is 14.6. The number of nitriles is 1. The molecule has 0 saturated heterocycles. The summed E-state index contributed by atoms with van der Waals surface area (Å²) in [4.78, 5) is 4.81. The van der Waals surface area contributed by atoms with Gasteiger partial charge in [-0.25, -0.2) is 0 Å². The molecule has 2 rings (SSSR count). The average molecular weight is 484 g/mol. The third kappa shape index (κ3) is 12.2. The predicted molar refractivity (Wildman–Crippen MR) is 159 cm³/mol. The van der Waals surface area contributed by atoms with Gasteiger partial charge in [-0.3, -0.25) is 4.99 Å². The number of amidine groups is 1. The maximum Gasteiger partial charge on any atom is 0.128 e. The van der Waals surface area contributed by atoms with E-state index in [4.69, 9.17) is 10.3 Å². The lowest BCUT2D eigenvalue weighted by Gasteiger charge is -2.14. The molecule has 0 amide bonds. The Balaban J connectivity index is 0.000000717. The molecule has 0 atom stereocenters. The Labute approximate surface area is 220 Å². The molecule has 0 fully saturated rings. The normalized spacial score (nSPS) is 10.9. The van der Waals surface area contributed by atoms with Crippen LogP contribution in [0.2, 0.25) is 0 Å². The minimum absolute atomic E-state index is 0.695. The molecule has 3 heteroatoms. The number of nitrogens with one attached hydrogen (secondary N) is 1. The summed E-state index contributed by atoms with van der Waals surface area (Å²) in [5.74, 6) is 0.960. The average Bonchev–Trinajstić information content (AvgIpc) is 2.87. The number of rotatable bonds is 8. The molecule has 192 valence electrons. The molecule has 0 aromatic heterocycles. The van der Waals surface area contributed by atoms with Crippen LogP contribution in [-0.2, 0) is 6.54 Å². The smallest absolute Gasteiger partial charge is 0.128 e. The second kappa shape index (κ2) is 18.7. The molecule has 0 heterocycles. The summed E-state index contributed by atoms with van der Waals surface area (Å²) in [6.07, 6.45) is 8.26. The van der Waals surface area contributed by atoms with Crippen molar-refractivity contribution < 1.29 is 0 Å². The summed E-state index contributed by atoms with van der Waals surface area (Å²) in [5, 5.41) is 11.8. The first-order chi connectivity index (χ1) is 17.2. The Morgan fingerprint density at radius 1 is 0.944 bits per heavy atom. The Bertz CT molecular complexity index is 1090. The second-order valence-electron chi connectivity index (χ2n) is 8.70. The van der Waals surface area contributed by atoms with Gasteiger partial charge in [-0.2, -0.15) is 5.26 Å². The fourth-order valence-corrected chi connectivity index (χ4v) is 3.45. The molecule has 0 radical (unpaired) electrons. The lowest BCUT2D eigenvalue weighted by Crippen LogP contribution is -2.21. The molecule has 0 aliphatic heterocycles. The minimum atomic E-state index is 0.695. The van der Waals surface area contributed by atoms with E-state index in [2.05, 4.69) is 83.9 Å². The number of aliphatic imine (C=N–C) groups is 1. The highest BCUT2D eigenvalue weighted by Gasteiger charge is 2.08. The van der Waals surface area contributed by atoms with Gasteiger partial charge in [0.1, 0.15) is 5.84 Å². The highest BCUT2D eigenvalue weighted by Crippen LogP contribution is 2.16. The topological polar surface area (TPSA) is 48.2 Å². The van der Waals surface area contributed by atoms with E-state index in [1.165, 1.54) is 27.8 Å². The van der Waals surface area contributed by atoms with Gasteiger partial charge >= 0.3 is 0 Å². The van der Waals surface area contributed by atoms with Gasteiger partial charge < -0.3 is 5.32 Å². The minimum Gasteiger partial charge on any atom is -0.347 e. The first kappa shape index (κ1) is 32.4. The lowest BCUT2D eigenvalue weighted by atomic mass is 10.0. The monoisotopic (exact) mass is 483 g/mol. The molecule has 36 heavy (non-hydrogen) atoms. The van der Waals surface area contributed by atoms with E-state index < -0.39 is 0 Å². The van der Waals surface area contributed by atoms with Gasteiger partial charge in [-0.15, -0.1) is 0 Å². The van der Waals surface area contributed by atoms with Crippen molar-refractivity contribution in [2.45, 2.75) is 74.3 Å². The number of allylic oxidation sites excluding steroid dienone is 3. The van der Waals surface area contributed by atoms with Gasteiger partial charge in [-0.05, 0) is 93.1 Å². The maximum absolute atomic E-state index is 8.59. The van der Waals surface area contributed by atoms with Crippen LogP contribution in [-0.4, -0.2) is 5.84 Å². The maximum atomic E-state index is 8.59. The van der Waals surface area contributed by atoms with Gasteiger partial charge in [-0.1, -0.05) is 88.1 Å². The predicted octanol–water partition coefficient (Wildman–Crippen LogP) is 9.00. The van der Waals surface area contributed by atoms with Crippen molar-refractivity contribution in [3.05, 3.63) is 119 Å². The molecular formula is C33H45N3. The first-order valence-electron chi connectivity index (χ1n) is 12.6. The molecule has 0 spiro atoms. The zero-order chi connectivity index (χ0) is 27.5. The van der Waals surface area contributed by atoms with Gasteiger partial charge in [0, 0.05) is 0 Å². The standard InChI is InChI=1S/C20H30N2.C9H9N.C4H6/c1-7-10-16(5)19(8-2)20(21-9-3)22-14-18-12-11-15(4)17(6)13-18;1-7-3-4-8(2)9(5-7)6-10;1-3-4-2/h9,11-13H,3,7-8,10,14H2,1-2,4-6H3,(H,21,22);3-5H,1-2H3;3-4H,1-2H2/b19-16+;;. The summed E-state index contributed by atoms with van der Waals surface area (Å²) >= 11 is 0. The number of hydrogen-bond acceptors (Lipinski definition) is 2. The summed E-state index contributed by atoms with van der Waals surface area (Å²) in [7, 11) is 0. The summed E-state index contributed by atoms with van der Waals surface area (Å²) < 4.78 is 0. The van der Waals surface area contributed by atoms with Crippen molar-refractivity contribution in [1.29, 1.82) is 5.26 Å². The molecule has 2 aromatic rings. The molecule has 0 aliphatic rings. The first-order valence-corrected chi connectivity index (χ1v) is 12.6. The van der Waals surface area contributed by atoms with E-state index in [-0.39, 0.29) is 0 Å². The Morgan fingerprint density at radius 3 is 2.06 bits per heavy atom. The van der Waals surface area contributed by atoms with Crippen LogP contribution >= 0.6 is 0 Å². The Hall–Kier alpha value is -3.64. The van der Waals surface area contributed by atoms with E-state index in [1.54, 1.807) is 18.4 Å². The number of aryl methyl sites for hydroxylation is 4. The SMILES string of the molecule is C=CC=C.C=CNC(=NCc1ccc(C)c(C)c1)/C(CC)=C(\C)CCC.Cc1ccc(C)c(C#N)c1. The number of benzene rings is 2. The largest absolute Gasteiger partial charge is 0.347 e. The van der Waals surface area contributed by atoms with Crippen LogP contribution in [0, 0.1) is 39.0 Å². The molecular weight excluding hydrogens is 438 g/mol. The van der Waals surface area contributed by atoms with Crippen molar-refractivity contribution in [1.82, 2.24) is 5.32 Å². The molecule has 0 unspecified atom stereocenters. The number of hydrogen-bond donors (Lipinski definition) is 1. The van der Waals surface area contributed by atoms with Gasteiger partial charge in [0.05, 0.1) is 18.2 Å². The lowest BCUT2D eigenvalue weighted by molar-refractivity contribution is 0.882. The van der Waals surface area contributed by atoms with E-state index in [9.17, 15) is 0 Å². The highest BCUT2D eigenvalue weighted by atomic mass is 15.0. The van der Waals surface area contributed by atoms with Gasteiger partial charge in [0.15, 0.2) is 0 Å². The third-order valence-corrected chi connectivity index (χ3v) is 5.69. The van der Waals surface area contributed by atoms with Gasteiger partial charge in [0.25, 0.3) is 0 Å². The van der Waals surface area contributed by atoms with Gasteiger partial charge in [0.2, 0.25) is 0 Å². The van der Waals surface area contributed by atoms with Crippen molar-refractivity contribution in [2.75, 3.05) is 0 Å². The fourth-order valence-electron chi connectivity index (χ4n) is 3.45. The van der Waals surface area contributed by atoms with Crippen LogP contribution in [0.4, 0.5) is 0 Å². The molecule has 0 saturated carbocycles. The Kier molecular flexibility index (Phi) is 16.8. The Morgan fingerprint density at radius 2 is 1.58 bits per heavy atom. The van der Waals surface area contributed by atoms with Crippen molar-refractivity contribution in [3.63, 3.8) is 0 Å². The summed E-state index contributed by atoms with van der Waals surface area (Å²) in [5.41, 5.74) is 9.58. The quantitative estimate of drug-likeness (QED) is 0.231. The zero-order valence-electron chi connectivity index (χ0n) is 23.5. The van der Waals surface area contributed by atoms with E-state index in [0.29, 0.717) is 6.54 Å². The van der Waals surface area contributed by atoms with Crippen LogP contribution in [0.1, 0.15) is 73.4 Å². The number of nitrogens with zero attached hydrogens (tertiary/aromatic N) is 2. The van der Waals surface area contributed by atoms with E-state index in [0.717, 1.165) is 41.8 Å². The van der Waals surface area contributed by atoms with Crippen LogP contribution < -0.4 is 5.32 Å². The molecule has 0 bridgehead atoms. The van der Waals surface area contributed by atoms with Crippen molar-refractivity contribution in [2.24, 2.45) is 4.99 Å². The molecule has 3 nitrogen and oxygen atoms in total. The van der Waals surface area contributed by atoms with Crippen LogP contribution in [0.5, 0.6) is 0 Å². The van der Waals surface area contributed by atoms with E-state index in [1.807, 2.05) is 32.0 Å². The van der Waals surface area contributed by atoms with E-state index >= 15 is 0 Å². The fraction of sp³-hybridized carbons (Fsp3) is 0.333. The molecule has 1 N–H and O–H groups in total. The zero-order valence-corrected chi connectivity index (χ0v) is 23.5. The summed E-state index contributed by atoms with van der Waals surface area (Å²) in [6.45, 7) is 26.0. The molecule has 2 aromatic carbocycles. The highest BCUT2D eigenvalue weighted by molar-refractivity contribution is 5.99. The molecule has 0 aliphatic carbocycles.